The third-order valence-corrected chi connectivity index (χ3v) is 22.3. The van der Waals surface area contributed by atoms with Gasteiger partial charge in [-0.2, -0.15) is 0 Å². The van der Waals surface area contributed by atoms with E-state index in [1.807, 2.05) is 0 Å². The van der Waals surface area contributed by atoms with Crippen molar-refractivity contribution in [1.82, 2.24) is 14.5 Å². The molecule has 17 heteroatoms. The average Bonchev–Trinajstić information content (AvgIpc) is 3.69. The molecule has 2 fully saturated rings. The van der Waals surface area contributed by atoms with Gasteiger partial charge in [-0.3, -0.25) is 19.1 Å². The number of rotatable bonds is 24. The fraction of sp³-hybridized carbons (Fsp3) is 0.870. The first kappa shape index (κ1) is 54.5. The number of nitrogens with one attached hydrogen (secondary N) is 1. The van der Waals surface area contributed by atoms with Crippen molar-refractivity contribution in [3.05, 3.63) is 43.5 Å². The largest absolute Gasteiger partial charge is 0.458 e. The molecular formula is C46H84N6O9Si2. The van der Waals surface area contributed by atoms with E-state index in [-0.39, 0.29) is 35.4 Å². The molecule has 15 nitrogen and oxygen atoms in total. The lowest BCUT2D eigenvalue weighted by atomic mass is 9.98. The number of aromatic nitrogens is 2. The quantitative estimate of drug-likeness (QED) is 0.0263. The van der Waals surface area contributed by atoms with Crippen LogP contribution in [0, 0.1) is 0 Å². The SMILES string of the molecule is CCCCCCCCCCCCCCCC(=O)N1[C@H](C(=O)OC(C)(C)C)[C@@H]([C@H]2O[C@@H](n3ccc(=O)[nH]c3=O)[C@H](O[Si](C)(C)C(C)(C)C)[C@@H]2O[Si](C)(C)C(C)(C)C)O[C@@H]1CCN=[N+]=[N-]. The number of ether oxygens (including phenoxy) is 3. The van der Waals surface area contributed by atoms with Crippen molar-refractivity contribution < 1.29 is 32.7 Å². The van der Waals surface area contributed by atoms with E-state index in [2.05, 4.69) is 89.7 Å². The van der Waals surface area contributed by atoms with Gasteiger partial charge < -0.3 is 28.0 Å². The number of azide groups is 1. The molecule has 1 aromatic rings. The maximum Gasteiger partial charge on any atom is 0.332 e. The Morgan fingerprint density at radius 3 is 1.76 bits per heavy atom. The average molecular weight is 921 g/mol. The van der Waals surface area contributed by atoms with E-state index in [4.69, 9.17) is 23.1 Å². The van der Waals surface area contributed by atoms with E-state index in [1.54, 1.807) is 20.8 Å². The maximum atomic E-state index is 14.7. The van der Waals surface area contributed by atoms with E-state index in [0.717, 1.165) is 19.3 Å². The summed E-state index contributed by atoms with van der Waals surface area (Å²) in [5.41, 5.74) is 7.06. The van der Waals surface area contributed by atoms with Gasteiger partial charge in [0.25, 0.3) is 5.56 Å². The normalized spacial score (nSPS) is 23.5. The van der Waals surface area contributed by atoms with Crippen LogP contribution in [0.4, 0.5) is 0 Å². The van der Waals surface area contributed by atoms with Crippen molar-refractivity contribution in [1.29, 1.82) is 0 Å². The Kier molecular flexibility index (Phi) is 20.4. The summed E-state index contributed by atoms with van der Waals surface area (Å²) in [5.74, 6) is -0.941. The molecule has 63 heavy (non-hydrogen) atoms. The molecule has 1 N–H and O–H groups in total. The highest BCUT2D eigenvalue weighted by atomic mass is 28.4. The number of hydrogen-bond donors (Lipinski definition) is 1. The molecule has 3 rings (SSSR count). The van der Waals surface area contributed by atoms with Gasteiger partial charge in [0.15, 0.2) is 28.9 Å². The Labute approximate surface area is 380 Å². The number of amides is 1. The monoisotopic (exact) mass is 921 g/mol. The first-order chi connectivity index (χ1) is 29.3. The fourth-order valence-electron chi connectivity index (χ4n) is 7.76. The highest BCUT2D eigenvalue weighted by molar-refractivity contribution is 6.74. The van der Waals surface area contributed by atoms with Gasteiger partial charge in [-0.25, -0.2) is 9.59 Å². The molecule has 0 aromatic carbocycles. The van der Waals surface area contributed by atoms with Gasteiger partial charge in [-0.1, -0.05) is 131 Å². The summed E-state index contributed by atoms with van der Waals surface area (Å²) in [4.78, 5) is 61.9. The lowest BCUT2D eigenvalue weighted by Crippen LogP contribution is -2.58. The lowest BCUT2D eigenvalue weighted by Gasteiger charge is -2.44. The first-order valence-electron chi connectivity index (χ1n) is 23.8. The Bertz CT molecular complexity index is 1780. The van der Waals surface area contributed by atoms with Gasteiger partial charge in [0.1, 0.15) is 36.2 Å². The van der Waals surface area contributed by atoms with Crippen LogP contribution in [0.15, 0.2) is 27.0 Å². The van der Waals surface area contributed by atoms with Gasteiger partial charge >= 0.3 is 11.7 Å². The number of unbranched alkanes of at least 4 members (excludes halogenated alkanes) is 12. The lowest BCUT2D eigenvalue weighted by molar-refractivity contribution is -0.167. The number of nitrogens with zero attached hydrogens (tertiary/aromatic N) is 5. The molecule has 0 unspecified atom stereocenters. The van der Waals surface area contributed by atoms with Crippen LogP contribution in [0.1, 0.15) is 172 Å². The van der Waals surface area contributed by atoms with Crippen molar-refractivity contribution in [2.45, 2.75) is 250 Å². The second-order valence-electron chi connectivity index (χ2n) is 21.8. The molecule has 0 aliphatic carbocycles. The second kappa shape index (κ2) is 23.6. The summed E-state index contributed by atoms with van der Waals surface area (Å²) >= 11 is 0. The molecule has 1 aromatic heterocycles. The summed E-state index contributed by atoms with van der Waals surface area (Å²) < 4.78 is 35.7. The third kappa shape index (κ3) is 15.7. The van der Waals surface area contributed by atoms with Crippen molar-refractivity contribution in [2.75, 3.05) is 6.54 Å². The minimum atomic E-state index is -2.69. The Morgan fingerprint density at radius 2 is 1.29 bits per heavy atom. The third-order valence-electron chi connectivity index (χ3n) is 13.4. The highest BCUT2D eigenvalue weighted by Crippen LogP contribution is 2.48. The fourth-order valence-corrected chi connectivity index (χ4v) is 10.3. The van der Waals surface area contributed by atoms with Crippen molar-refractivity contribution >= 4 is 28.5 Å². The number of carbonyl (C=O) groups is 2. The molecule has 2 aliphatic heterocycles. The van der Waals surface area contributed by atoms with E-state index in [0.29, 0.717) is 6.42 Å². The standard InChI is InChI=1S/C46H84N6O9Si2/c1-15-16-17-18-19-20-21-22-23-24-25-26-27-28-34(54)52-35(29-31-48-50-47)57-37(36(52)42(55)59-44(2,3)4)38-39(60-62(11,12)45(5,6)7)40(61-63(13,14)46(8,9)10)41(58-38)51-32-30-33(53)49-43(51)56/h30,32,35-41H,15-29,31H2,1-14H3,(H,49,53,56)/t35-,36+,37+,38-,39-,40-,41-/m1/s1. The number of H-pyrrole nitrogens is 1. The molecule has 0 saturated carbocycles. The molecule has 2 saturated heterocycles. The van der Waals surface area contributed by atoms with Crippen LogP contribution in [-0.2, 0) is 32.7 Å². The molecule has 360 valence electrons. The summed E-state index contributed by atoms with van der Waals surface area (Å²) in [6, 6.07) is -0.0199. The van der Waals surface area contributed by atoms with Gasteiger partial charge in [0, 0.05) is 30.1 Å². The Morgan fingerprint density at radius 1 is 0.778 bits per heavy atom. The van der Waals surface area contributed by atoms with Crippen LogP contribution in [0.3, 0.4) is 0 Å². The predicted molar refractivity (Wildman–Crippen MR) is 253 cm³/mol. The van der Waals surface area contributed by atoms with Gasteiger partial charge in [-0.05, 0) is 75.4 Å². The minimum Gasteiger partial charge on any atom is -0.458 e. The number of hydrogen-bond acceptors (Lipinski definition) is 10. The van der Waals surface area contributed by atoms with Gasteiger partial charge in [0.2, 0.25) is 5.91 Å². The molecule has 0 radical (unpaired) electrons. The van der Waals surface area contributed by atoms with Gasteiger partial charge in [-0.15, -0.1) is 0 Å². The Hall–Kier alpha value is -2.80. The molecule has 3 heterocycles. The smallest absolute Gasteiger partial charge is 0.332 e. The molecule has 0 spiro atoms. The van der Waals surface area contributed by atoms with Crippen molar-refractivity contribution in [2.24, 2.45) is 5.11 Å². The Balaban J connectivity index is 2.06. The number of esters is 1. The molecule has 0 bridgehead atoms. The van der Waals surface area contributed by atoms with E-state index in [1.165, 1.54) is 79.5 Å². The minimum absolute atomic E-state index is 0.0133. The maximum absolute atomic E-state index is 14.7. The van der Waals surface area contributed by atoms with E-state index < -0.39 is 82.4 Å². The number of carbonyl (C=O) groups excluding carboxylic acids is 2. The summed E-state index contributed by atoms with van der Waals surface area (Å²) in [6.45, 7) is 28.7. The topological polar surface area (TPSA) is 187 Å². The summed E-state index contributed by atoms with van der Waals surface area (Å²) in [5, 5.41) is 3.23. The molecular weight excluding hydrogens is 837 g/mol. The summed E-state index contributed by atoms with van der Waals surface area (Å²) in [7, 11) is -5.35. The van der Waals surface area contributed by atoms with Crippen LogP contribution in [0.2, 0.25) is 36.3 Å². The van der Waals surface area contributed by atoms with E-state index in [9.17, 15) is 24.7 Å². The first-order valence-corrected chi connectivity index (χ1v) is 29.6. The number of aromatic amines is 1. The van der Waals surface area contributed by atoms with Crippen LogP contribution >= 0.6 is 0 Å². The van der Waals surface area contributed by atoms with Gasteiger partial charge in [0.05, 0.1) is 0 Å². The zero-order chi connectivity index (χ0) is 47.4. The van der Waals surface area contributed by atoms with E-state index >= 15 is 0 Å². The van der Waals surface area contributed by atoms with Crippen LogP contribution in [0.5, 0.6) is 0 Å². The molecule has 7 atom stereocenters. The van der Waals surface area contributed by atoms with Crippen LogP contribution < -0.4 is 11.2 Å². The predicted octanol–water partition coefficient (Wildman–Crippen LogP) is 10.7. The molecule has 2 aliphatic rings. The van der Waals surface area contributed by atoms with Crippen LogP contribution in [-0.4, -0.2) is 91.8 Å². The summed E-state index contributed by atoms with van der Waals surface area (Å²) in [6.07, 6.45) is 10.8. The second-order valence-corrected chi connectivity index (χ2v) is 31.3. The van der Waals surface area contributed by atoms with Crippen LogP contribution in [0.25, 0.3) is 10.4 Å². The van der Waals surface area contributed by atoms with Crippen molar-refractivity contribution in [3.8, 4) is 0 Å². The van der Waals surface area contributed by atoms with Crippen molar-refractivity contribution in [3.63, 3.8) is 0 Å². The zero-order valence-electron chi connectivity index (χ0n) is 41.4. The highest BCUT2D eigenvalue weighted by Gasteiger charge is 2.62. The zero-order valence-corrected chi connectivity index (χ0v) is 43.4. The molecule has 1 amide bonds.